The molecule has 0 N–H and O–H groups in total. The normalized spacial score (nSPS) is 8.22. The van der Waals surface area contributed by atoms with E-state index < -0.39 is 0 Å². The molecule has 0 aliphatic heterocycles. The van der Waals surface area contributed by atoms with Gasteiger partial charge in [-0.1, -0.05) is 5.92 Å². The summed E-state index contributed by atoms with van der Waals surface area (Å²) in [6.07, 6.45) is 5.78. The SMILES string of the molecule is CC#Cn1cc[n+](C)c1. The van der Waals surface area contributed by atoms with Crippen molar-refractivity contribution in [2.45, 2.75) is 6.92 Å². The molecule has 0 aliphatic rings. The van der Waals surface area contributed by atoms with E-state index in [0.29, 0.717) is 0 Å². The summed E-state index contributed by atoms with van der Waals surface area (Å²) in [5.41, 5.74) is 0. The molecule has 1 rings (SSSR count). The lowest BCUT2D eigenvalue weighted by atomic mass is 10.8. The zero-order valence-corrected chi connectivity index (χ0v) is 5.63. The fourth-order valence-electron chi connectivity index (χ4n) is 0.645. The van der Waals surface area contributed by atoms with Gasteiger partial charge in [0.1, 0.15) is 18.4 Å². The van der Waals surface area contributed by atoms with Crippen LogP contribution in [0.25, 0.3) is 0 Å². The molecule has 1 heterocycles. The number of aryl methyl sites for hydroxylation is 1. The van der Waals surface area contributed by atoms with Crippen molar-refractivity contribution >= 4 is 0 Å². The van der Waals surface area contributed by atoms with Crippen molar-refractivity contribution in [2.24, 2.45) is 7.05 Å². The van der Waals surface area contributed by atoms with Gasteiger partial charge < -0.3 is 0 Å². The molecule has 46 valence electrons. The van der Waals surface area contributed by atoms with Crippen molar-refractivity contribution in [2.75, 3.05) is 0 Å². The van der Waals surface area contributed by atoms with E-state index in [2.05, 4.69) is 12.0 Å². The molecule has 9 heavy (non-hydrogen) atoms. The molecular weight excluding hydrogens is 112 g/mol. The molecule has 0 bridgehead atoms. The van der Waals surface area contributed by atoms with Crippen molar-refractivity contribution in [3.63, 3.8) is 0 Å². The number of aromatic nitrogens is 2. The van der Waals surface area contributed by atoms with E-state index in [0.717, 1.165) is 0 Å². The highest BCUT2D eigenvalue weighted by atomic mass is 15.1. The summed E-state index contributed by atoms with van der Waals surface area (Å²) in [5.74, 6) is 2.80. The molecule has 2 heteroatoms. The molecule has 0 radical (unpaired) electrons. The lowest BCUT2D eigenvalue weighted by Crippen LogP contribution is -2.23. The van der Waals surface area contributed by atoms with E-state index in [1.54, 1.807) is 0 Å². The molecule has 0 unspecified atom stereocenters. The maximum Gasteiger partial charge on any atom is 0.257 e. The number of rotatable bonds is 0. The van der Waals surface area contributed by atoms with Crippen LogP contribution < -0.4 is 4.57 Å². The lowest BCUT2D eigenvalue weighted by molar-refractivity contribution is -0.670. The van der Waals surface area contributed by atoms with Crippen LogP contribution in [-0.2, 0) is 7.05 Å². The Morgan fingerprint density at radius 1 is 1.56 bits per heavy atom. The average molecular weight is 121 g/mol. The van der Waals surface area contributed by atoms with Gasteiger partial charge in [0.2, 0.25) is 0 Å². The minimum Gasteiger partial charge on any atom is -0.239 e. The second-order valence-electron chi connectivity index (χ2n) is 1.85. The van der Waals surface area contributed by atoms with Crippen LogP contribution >= 0.6 is 0 Å². The van der Waals surface area contributed by atoms with Crippen LogP contribution in [0.5, 0.6) is 0 Å². The summed E-state index contributed by atoms with van der Waals surface area (Å²) in [7, 11) is 1.97. The van der Waals surface area contributed by atoms with Crippen molar-refractivity contribution < 1.29 is 4.57 Å². The Labute approximate surface area is 54.7 Å². The van der Waals surface area contributed by atoms with Crippen LogP contribution in [0.3, 0.4) is 0 Å². The third-order valence-electron chi connectivity index (χ3n) is 1.01. The average Bonchev–Trinajstić information content (AvgIpc) is 2.17. The van der Waals surface area contributed by atoms with Gasteiger partial charge in [-0.2, -0.15) is 4.57 Å². The van der Waals surface area contributed by atoms with E-state index in [1.165, 1.54) is 0 Å². The molecule has 0 atom stereocenters. The maximum atomic E-state index is 2.87. The number of imidazole rings is 1. The quantitative estimate of drug-likeness (QED) is 0.341. The molecule has 1 aromatic rings. The summed E-state index contributed by atoms with van der Waals surface area (Å²) in [5, 5.41) is 0. The number of hydrogen-bond acceptors (Lipinski definition) is 0. The zero-order valence-electron chi connectivity index (χ0n) is 5.63. The van der Waals surface area contributed by atoms with Gasteiger partial charge in [-0.05, 0) is 0 Å². The van der Waals surface area contributed by atoms with Gasteiger partial charge in [0.15, 0.2) is 0 Å². The highest BCUT2D eigenvalue weighted by Crippen LogP contribution is 1.75. The monoisotopic (exact) mass is 121 g/mol. The summed E-state index contributed by atoms with van der Waals surface area (Å²) in [6, 6.07) is 2.87. The van der Waals surface area contributed by atoms with E-state index in [4.69, 9.17) is 0 Å². The first-order valence-electron chi connectivity index (χ1n) is 2.79. The Hall–Kier alpha value is -1.23. The van der Waals surface area contributed by atoms with Gasteiger partial charge in [0, 0.05) is 6.92 Å². The van der Waals surface area contributed by atoms with Gasteiger partial charge in [0.05, 0.1) is 7.05 Å². The van der Waals surface area contributed by atoms with E-state index in [-0.39, 0.29) is 0 Å². The Balaban J connectivity index is 2.93. The predicted molar refractivity (Wildman–Crippen MR) is 34.5 cm³/mol. The molecule has 0 saturated heterocycles. The first-order chi connectivity index (χ1) is 4.33. The highest BCUT2D eigenvalue weighted by Gasteiger charge is 1.91. The van der Waals surface area contributed by atoms with E-state index in [9.17, 15) is 0 Å². The summed E-state index contributed by atoms with van der Waals surface area (Å²) in [4.78, 5) is 0. The zero-order chi connectivity index (χ0) is 6.69. The topological polar surface area (TPSA) is 8.81 Å². The third-order valence-corrected chi connectivity index (χ3v) is 1.01. The second kappa shape index (κ2) is 2.36. The van der Waals surface area contributed by atoms with Gasteiger partial charge in [-0.25, -0.2) is 4.57 Å². The van der Waals surface area contributed by atoms with Crippen LogP contribution in [0.4, 0.5) is 0 Å². The highest BCUT2D eigenvalue weighted by molar-refractivity contribution is 4.98. The standard InChI is InChI=1S/C7H9N2/c1-3-4-9-6-5-8(2)7-9/h5-7H,1-2H3/q+1. The van der Waals surface area contributed by atoms with Gasteiger partial charge >= 0.3 is 0 Å². The Kier molecular flexibility index (Phi) is 1.55. The van der Waals surface area contributed by atoms with Crippen molar-refractivity contribution in [3.05, 3.63) is 18.7 Å². The molecule has 2 nitrogen and oxygen atoms in total. The molecule has 0 amide bonds. The summed E-state index contributed by atoms with van der Waals surface area (Å²) < 4.78 is 3.77. The van der Waals surface area contributed by atoms with Crippen LogP contribution in [0.1, 0.15) is 6.92 Å². The van der Waals surface area contributed by atoms with Crippen LogP contribution in [-0.4, -0.2) is 4.57 Å². The summed E-state index contributed by atoms with van der Waals surface area (Å²) in [6.45, 7) is 1.82. The van der Waals surface area contributed by atoms with Gasteiger partial charge in [-0.15, -0.1) is 0 Å². The summed E-state index contributed by atoms with van der Waals surface area (Å²) >= 11 is 0. The fraction of sp³-hybridized carbons (Fsp3) is 0.286. The van der Waals surface area contributed by atoms with Crippen LogP contribution in [0.2, 0.25) is 0 Å². The smallest absolute Gasteiger partial charge is 0.239 e. The van der Waals surface area contributed by atoms with E-state index in [1.807, 2.05) is 41.8 Å². The van der Waals surface area contributed by atoms with E-state index >= 15 is 0 Å². The lowest BCUT2D eigenvalue weighted by Gasteiger charge is -1.72. The first-order valence-corrected chi connectivity index (χ1v) is 2.79. The molecular formula is C7H9N2+. The minimum atomic E-state index is 1.82. The van der Waals surface area contributed by atoms with Gasteiger partial charge in [-0.3, -0.25) is 0 Å². The predicted octanol–water partition coefficient (Wildman–Crippen LogP) is 0.141. The second-order valence-corrected chi connectivity index (χ2v) is 1.85. The molecule has 1 aromatic heterocycles. The van der Waals surface area contributed by atoms with Crippen molar-refractivity contribution in [3.8, 4) is 12.0 Å². The number of nitrogens with zero attached hydrogens (tertiary/aromatic N) is 2. The number of hydrogen-bond donors (Lipinski definition) is 0. The van der Waals surface area contributed by atoms with Crippen LogP contribution in [0, 0.1) is 12.0 Å². The molecule has 0 saturated carbocycles. The minimum absolute atomic E-state index is 1.82. The van der Waals surface area contributed by atoms with Crippen LogP contribution in [0.15, 0.2) is 18.7 Å². The van der Waals surface area contributed by atoms with Crippen molar-refractivity contribution in [1.29, 1.82) is 0 Å². The largest absolute Gasteiger partial charge is 0.257 e. The molecule has 0 aliphatic carbocycles. The third kappa shape index (κ3) is 1.33. The Morgan fingerprint density at radius 3 is 2.78 bits per heavy atom. The first kappa shape index (κ1) is 5.90. The fourth-order valence-corrected chi connectivity index (χ4v) is 0.645. The maximum absolute atomic E-state index is 2.87. The Morgan fingerprint density at radius 2 is 2.33 bits per heavy atom. The molecule has 0 spiro atoms. The molecule has 0 aromatic carbocycles. The molecule has 0 fully saturated rings. The van der Waals surface area contributed by atoms with Gasteiger partial charge in [0.25, 0.3) is 6.33 Å². The Bertz CT molecular complexity index is 249. The van der Waals surface area contributed by atoms with Crippen molar-refractivity contribution in [1.82, 2.24) is 4.57 Å².